The molecule has 18 heavy (non-hydrogen) atoms. The van der Waals surface area contributed by atoms with Crippen molar-refractivity contribution in [1.82, 2.24) is 0 Å². The van der Waals surface area contributed by atoms with Gasteiger partial charge in [0.15, 0.2) is 11.6 Å². The monoisotopic (exact) mass is 240 g/mol. The van der Waals surface area contributed by atoms with E-state index in [0.29, 0.717) is 35.2 Å². The Hall–Kier alpha value is -1.18. The number of Topliss-reactive ketones (excluding diaryl/α,β-unsaturated/α-hetero) is 2. The van der Waals surface area contributed by atoms with Crippen LogP contribution in [0.25, 0.3) is 0 Å². The molecule has 0 saturated heterocycles. The lowest BCUT2D eigenvalue weighted by Crippen LogP contribution is -2.30. The number of ketones is 2. The number of carbonyl (C=O) groups is 2. The van der Waals surface area contributed by atoms with Gasteiger partial charge in [0.2, 0.25) is 0 Å². The van der Waals surface area contributed by atoms with E-state index in [-0.39, 0.29) is 0 Å². The second kappa shape index (κ2) is 2.87. The molecular weight excluding hydrogens is 224 g/mol. The summed E-state index contributed by atoms with van der Waals surface area (Å²) in [5, 5.41) is 0. The third-order valence-electron chi connectivity index (χ3n) is 6.06. The van der Waals surface area contributed by atoms with E-state index in [2.05, 4.69) is 0 Å². The minimum atomic E-state index is 0.291. The molecule has 0 heterocycles. The van der Waals surface area contributed by atoms with Gasteiger partial charge < -0.3 is 0 Å². The van der Waals surface area contributed by atoms with Crippen molar-refractivity contribution in [1.29, 1.82) is 0 Å². The summed E-state index contributed by atoms with van der Waals surface area (Å²) in [6, 6.07) is 0. The van der Waals surface area contributed by atoms with Crippen molar-refractivity contribution < 1.29 is 9.59 Å². The van der Waals surface area contributed by atoms with E-state index in [4.69, 9.17) is 0 Å². The topological polar surface area (TPSA) is 34.1 Å². The van der Waals surface area contributed by atoms with Crippen LogP contribution in [0.1, 0.15) is 38.5 Å². The van der Waals surface area contributed by atoms with Crippen molar-refractivity contribution >= 4 is 11.6 Å². The van der Waals surface area contributed by atoms with Gasteiger partial charge in [0.1, 0.15) is 0 Å². The average molecular weight is 240 g/mol. The molecular formula is C16H16O2. The van der Waals surface area contributed by atoms with E-state index in [9.17, 15) is 9.59 Å². The minimum Gasteiger partial charge on any atom is -0.289 e. The molecule has 5 rings (SSSR count). The van der Waals surface area contributed by atoms with Crippen LogP contribution in [0.3, 0.4) is 0 Å². The predicted molar refractivity (Wildman–Crippen MR) is 65.7 cm³/mol. The third kappa shape index (κ3) is 0.877. The molecule has 0 aromatic rings. The van der Waals surface area contributed by atoms with Crippen molar-refractivity contribution in [2.24, 2.45) is 23.7 Å². The van der Waals surface area contributed by atoms with Gasteiger partial charge in [0, 0.05) is 22.3 Å². The Balaban J connectivity index is 1.73. The van der Waals surface area contributed by atoms with Gasteiger partial charge in [-0.2, -0.15) is 0 Å². The Labute approximate surface area is 106 Å². The van der Waals surface area contributed by atoms with E-state index in [1.54, 1.807) is 0 Å². The summed E-state index contributed by atoms with van der Waals surface area (Å²) in [7, 11) is 0. The molecule has 2 nitrogen and oxygen atoms in total. The Morgan fingerprint density at radius 2 is 0.833 bits per heavy atom. The summed E-state index contributed by atoms with van der Waals surface area (Å²) in [6.45, 7) is 0. The molecule has 0 aromatic heterocycles. The lowest BCUT2D eigenvalue weighted by Gasteiger charge is -2.28. The lowest BCUT2D eigenvalue weighted by atomic mass is 9.73. The van der Waals surface area contributed by atoms with E-state index >= 15 is 0 Å². The summed E-state index contributed by atoms with van der Waals surface area (Å²) in [6.07, 6.45) is 6.72. The molecule has 0 N–H and O–H groups in total. The van der Waals surface area contributed by atoms with Gasteiger partial charge in [-0.15, -0.1) is 0 Å². The summed E-state index contributed by atoms with van der Waals surface area (Å²) in [5.41, 5.74) is 3.84. The number of fused-ring (bicyclic) bond motifs is 8. The molecule has 5 aliphatic rings. The standard InChI is InChI=1S/C16H16O2/c17-15-11-7-1-2-8(5-7)12(11)16(18)14-10-4-3-9(6-10)13(14)15/h7-10H,1-6H2/t7-,8+,9+,10-. The first-order chi connectivity index (χ1) is 8.75. The fraction of sp³-hybridized carbons (Fsp3) is 0.625. The number of allylic oxidation sites excluding steroid dienone is 4. The molecule has 4 atom stereocenters. The molecule has 4 bridgehead atoms. The van der Waals surface area contributed by atoms with Crippen LogP contribution >= 0.6 is 0 Å². The van der Waals surface area contributed by atoms with Crippen LogP contribution in [0.5, 0.6) is 0 Å². The Morgan fingerprint density at radius 1 is 0.556 bits per heavy atom. The maximum absolute atomic E-state index is 12.7. The zero-order valence-electron chi connectivity index (χ0n) is 10.4. The van der Waals surface area contributed by atoms with E-state index < -0.39 is 0 Å². The molecule has 2 heteroatoms. The average Bonchev–Trinajstić information content (AvgIpc) is 3.10. The molecule has 2 fully saturated rings. The fourth-order valence-electron chi connectivity index (χ4n) is 5.41. The summed E-state index contributed by atoms with van der Waals surface area (Å²) in [5.74, 6) is 2.28. The van der Waals surface area contributed by atoms with E-state index in [0.717, 1.165) is 60.8 Å². The van der Waals surface area contributed by atoms with Crippen molar-refractivity contribution in [3.63, 3.8) is 0 Å². The molecule has 0 amide bonds. The van der Waals surface area contributed by atoms with Crippen LogP contribution < -0.4 is 0 Å². The summed E-state index contributed by atoms with van der Waals surface area (Å²) in [4.78, 5) is 25.5. The highest BCUT2D eigenvalue weighted by atomic mass is 16.1. The zero-order chi connectivity index (χ0) is 12.0. The number of hydrogen-bond donors (Lipinski definition) is 0. The second-order valence-corrected chi connectivity index (χ2v) is 6.73. The Kier molecular flexibility index (Phi) is 1.55. The van der Waals surface area contributed by atoms with Crippen LogP contribution in [0.15, 0.2) is 22.3 Å². The van der Waals surface area contributed by atoms with Gasteiger partial charge in [-0.05, 0) is 62.2 Å². The molecule has 92 valence electrons. The normalized spacial score (nSPS) is 44.2. The molecule has 0 unspecified atom stereocenters. The van der Waals surface area contributed by atoms with Gasteiger partial charge in [-0.1, -0.05) is 0 Å². The summed E-state index contributed by atoms with van der Waals surface area (Å²) < 4.78 is 0. The van der Waals surface area contributed by atoms with Gasteiger partial charge in [-0.25, -0.2) is 0 Å². The maximum atomic E-state index is 12.7. The van der Waals surface area contributed by atoms with Gasteiger partial charge in [-0.3, -0.25) is 9.59 Å². The summed E-state index contributed by atoms with van der Waals surface area (Å²) >= 11 is 0. The van der Waals surface area contributed by atoms with Crippen molar-refractivity contribution in [3.8, 4) is 0 Å². The maximum Gasteiger partial charge on any atom is 0.186 e. The quantitative estimate of drug-likeness (QED) is 0.610. The number of carbonyl (C=O) groups excluding carboxylic acids is 2. The predicted octanol–water partition coefficient (Wildman–Crippen LogP) is 2.59. The van der Waals surface area contributed by atoms with Gasteiger partial charge >= 0.3 is 0 Å². The first-order valence-electron chi connectivity index (χ1n) is 7.33. The first-order valence-corrected chi connectivity index (χ1v) is 7.33. The molecule has 0 aliphatic heterocycles. The van der Waals surface area contributed by atoms with Crippen molar-refractivity contribution in [2.75, 3.05) is 0 Å². The van der Waals surface area contributed by atoms with E-state index in [1.807, 2.05) is 0 Å². The van der Waals surface area contributed by atoms with E-state index in [1.165, 1.54) is 0 Å². The van der Waals surface area contributed by atoms with Crippen LogP contribution in [0.4, 0.5) is 0 Å². The molecule has 0 radical (unpaired) electrons. The SMILES string of the molecule is O=C1C2=C(C(=O)C3=C1[C@H]1CC[C@@H]3C1)[C@H]1CC[C@@H]2C1. The van der Waals surface area contributed by atoms with Crippen molar-refractivity contribution in [3.05, 3.63) is 22.3 Å². The van der Waals surface area contributed by atoms with Crippen LogP contribution in [0, 0.1) is 23.7 Å². The van der Waals surface area contributed by atoms with Gasteiger partial charge in [0.25, 0.3) is 0 Å². The van der Waals surface area contributed by atoms with Crippen LogP contribution in [-0.4, -0.2) is 11.6 Å². The minimum absolute atomic E-state index is 0.291. The van der Waals surface area contributed by atoms with Crippen molar-refractivity contribution in [2.45, 2.75) is 38.5 Å². The second-order valence-electron chi connectivity index (χ2n) is 6.73. The molecule has 5 aliphatic carbocycles. The fourth-order valence-corrected chi connectivity index (χ4v) is 5.41. The third-order valence-corrected chi connectivity index (χ3v) is 6.06. The van der Waals surface area contributed by atoms with Crippen LogP contribution in [0.2, 0.25) is 0 Å². The Bertz CT molecular complexity index is 482. The molecule has 0 aromatic carbocycles. The first kappa shape index (κ1) is 9.71. The molecule has 0 spiro atoms. The number of hydrogen-bond acceptors (Lipinski definition) is 2. The Morgan fingerprint density at radius 3 is 1.11 bits per heavy atom. The number of rotatable bonds is 0. The smallest absolute Gasteiger partial charge is 0.186 e. The highest BCUT2D eigenvalue weighted by Crippen LogP contribution is 2.58. The zero-order valence-corrected chi connectivity index (χ0v) is 10.4. The molecule has 2 saturated carbocycles. The highest BCUT2D eigenvalue weighted by Gasteiger charge is 2.54. The lowest BCUT2D eigenvalue weighted by molar-refractivity contribution is -0.117. The highest BCUT2D eigenvalue weighted by molar-refractivity contribution is 6.27. The largest absolute Gasteiger partial charge is 0.289 e. The van der Waals surface area contributed by atoms with Gasteiger partial charge in [0.05, 0.1) is 0 Å². The van der Waals surface area contributed by atoms with Crippen LogP contribution in [-0.2, 0) is 9.59 Å².